The van der Waals surface area contributed by atoms with Crippen molar-refractivity contribution in [3.8, 4) is 0 Å². The molecule has 3 atom stereocenters. The van der Waals surface area contributed by atoms with Crippen LogP contribution in [0.15, 0.2) is 71.9 Å². The highest BCUT2D eigenvalue weighted by molar-refractivity contribution is 5.94. The van der Waals surface area contributed by atoms with Crippen molar-refractivity contribution in [2.45, 2.75) is 84.0 Å². The SMILES string of the molecule is CC(C)(C)OC(=O)C1=C(NCCc2ccccc2)C[C@](C)(O)[C@@H](C(=O)OC(C)(C)C)[C@@H]1c1ccccc1. The predicted molar refractivity (Wildman–Crippen MR) is 145 cm³/mol. The molecule has 0 unspecified atom stereocenters. The van der Waals surface area contributed by atoms with Gasteiger partial charge in [0, 0.05) is 24.6 Å². The molecule has 0 heterocycles. The highest BCUT2D eigenvalue weighted by Gasteiger charge is 2.53. The molecular weight excluding hydrogens is 466 g/mol. The largest absolute Gasteiger partial charge is 0.460 e. The first-order valence-electron chi connectivity index (χ1n) is 12.9. The monoisotopic (exact) mass is 507 g/mol. The Balaban J connectivity index is 2.12. The number of rotatable bonds is 7. The van der Waals surface area contributed by atoms with Crippen LogP contribution < -0.4 is 5.32 Å². The van der Waals surface area contributed by atoms with E-state index in [2.05, 4.69) is 5.32 Å². The smallest absolute Gasteiger partial charge is 0.336 e. The van der Waals surface area contributed by atoms with E-state index in [0.29, 0.717) is 17.8 Å². The average molecular weight is 508 g/mol. The molecule has 0 saturated heterocycles. The Hall–Kier alpha value is -3.12. The molecule has 200 valence electrons. The van der Waals surface area contributed by atoms with E-state index >= 15 is 0 Å². The van der Waals surface area contributed by atoms with Gasteiger partial charge in [0.15, 0.2) is 0 Å². The van der Waals surface area contributed by atoms with Crippen LogP contribution in [0, 0.1) is 5.92 Å². The normalized spacial score (nSPS) is 22.4. The number of carbonyl (C=O) groups is 2. The number of benzene rings is 2. The molecule has 1 aliphatic rings. The average Bonchev–Trinajstić information content (AvgIpc) is 2.76. The fourth-order valence-corrected chi connectivity index (χ4v) is 4.79. The zero-order chi connectivity index (χ0) is 27.4. The van der Waals surface area contributed by atoms with E-state index in [1.807, 2.05) is 81.4 Å². The van der Waals surface area contributed by atoms with Crippen molar-refractivity contribution in [1.29, 1.82) is 0 Å². The second-order valence-electron chi connectivity index (χ2n) is 12.0. The second-order valence-corrected chi connectivity index (χ2v) is 12.0. The fraction of sp³-hybridized carbons (Fsp3) is 0.484. The predicted octanol–water partition coefficient (Wildman–Crippen LogP) is 5.31. The summed E-state index contributed by atoms with van der Waals surface area (Å²) in [6.45, 7) is 13.0. The number of hydrogen-bond acceptors (Lipinski definition) is 6. The lowest BCUT2D eigenvalue weighted by atomic mass is 9.65. The zero-order valence-corrected chi connectivity index (χ0v) is 23.1. The van der Waals surface area contributed by atoms with Gasteiger partial charge >= 0.3 is 11.9 Å². The van der Waals surface area contributed by atoms with Gasteiger partial charge in [-0.3, -0.25) is 4.79 Å². The van der Waals surface area contributed by atoms with Crippen molar-refractivity contribution < 1.29 is 24.2 Å². The Kier molecular flexibility index (Phi) is 8.53. The van der Waals surface area contributed by atoms with Gasteiger partial charge in [0.1, 0.15) is 11.2 Å². The first-order valence-corrected chi connectivity index (χ1v) is 12.9. The molecule has 1 aliphatic carbocycles. The number of ether oxygens (including phenoxy) is 2. The number of esters is 2. The molecule has 2 N–H and O–H groups in total. The number of hydrogen-bond donors (Lipinski definition) is 2. The highest BCUT2D eigenvalue weighted by atomic mass is 16.6. The maximum Gasteiger partial charge on any atom is 0.336 e. The first kappa shape index (κ1) is 28.5. The van der Waals surface area contributed by atoms with E-state index in [-0.39, 0.29) is 6.42 Å². The molecule has 3 rings (SSSR count). The number of nitrogens with one attached hydrogen (secondary N) is 1. The summed E-state index contributed by atoms with van der Waals surface area (Å²) < 4.78 is 11.6. The summed E-state index contributed by atoms with van der Waals surface area (Å²) in [5, 5.41) is 15.1. The first-order chi connectivity index (χ1) is 17.2. The van der Waals surface area contributed by atoms with E-state index in [9.17, 15) is 14.7 Å². The Morgan fingerprint density at radius 2 is 1.46 bits per heavy atom. The molecule has 6 heteroatoms. The van der Waals surface area contributed by atoms with Crippen LogP contribution in [-0.4, -0.2) is 40.4 Å². The van der Waals surface area contributed by atoms with Gasteiger partial charge in [0.25, 0.3) is 0 Å². The van der Waals surface area contributed by atoms with Gasteiger partial charge in [-0.2, -0.15) is 0 Å². The van der Waals surface area contributed by atoms with Crippen LogP contribution in [0.1, 0.15) is 71.9 Å². The third-order valence-corrected chi connectivity index (χ3v) is 6.21. The molecule has 0 radical (unpaired) electrons. The molecule has 2 aromatic carbocycles. The van der Waals surface area contributed by atoms with E-state index in [1.165, 1.54) is 0 Å². The third-order valence-electron chi connectivity index (χ3n) is 6.21. The summed E-state index contributed by atoms with van der Waals surface area (Å²) in [7, 11) is 0. The molecule has 0 aromatic heterocycles. The van der Waals surface area contributed by atoms with Crippen LogP contribution in [-0.2, 0) is 25.5 Å². The van der Waals surface area contributed by atoms with Crippen molar-refractivity contribution in [2.24, 2.45) is 5.92 Å². The van der Waals surface area contributed by atoms with E-state index < -0.39 is 40.6 Å². The summed E-state index contributed by atoms with van der Waals surface area (Å²) in [4.78, 5) is 27.3. The molecule has 0 spiro atoms. The summed E-state index contributed by atoms with van der Waals surface area (Å²) in [5.41, 5.74) is -0.117. The lowest BCUT2D eigenvalue weighted by Crippen LogP contribution is -2.52. The Labute approximate surface area is 221 Å². The summed E-state index contributed by atoms with van der Waals surface area (Å²) in [5.74, 6) is -2.81. The molecule has 0 aliphatic heterocycles. The van der Waals surface area contributed by atoms with E-state index in [4.69, 9.17) is 9.47 Å². The minimum atomic E-state index is -1.47. The van der Waals surface area contributed by atoms with Crippen LogP contribution in [0.4, 0.5) is 0 Å². The third kappa shape index (κ3) is 7.68. The van der Waals surface area contributed by atoms with Gasteiger partial charge < -0.3 is 19.9 Å². The maximum absolute atomic E-state index is 13.8. The molecule has 0 saturated carbocycles. The number of aliphatic hydroxyl groups is 1. The molecule has 0 amide bonds. The van der Waals surface area contributed by atoms with Crippen LogP contribution in [0.5, 0.6) is 0 Å². The van der Waals surface area contributed by atoms with E-state index in [0.717, 1.165) is 17.5 Å². The van der Waals surface area contributed by atoms with Crippen LogP contribution in [0.2, 0.25) is 0 Å². The van der Waals surface area contributed by atoms with Gasteiger partial charge in [-0.15, -0.1) is 0 Å². The van der Waals surface area contributed by atoms with Crippen molar-refractivity contribution in [1.82, 2.24) is 5.32 Å². The number of carbonyl (C=O) groups excluding carboxylic acids is 2. The van der Waals surface area contributed by atoms with Crippen LogP contribution >= 0.6 is 0 Å². The summed E-state index contributed by atoms with van der Waals surface area (Å²) >= 11 is 0. The summed E-state index contributed by atoms with van der Waals surface area (Å²) in [6.07, 6.45) is 0.823. The van der Waals surface area contributed by atoms with Gasteiger partial charge in [-0.25, -0.2) is 4.79 Å². The zero-order valence-electron chi connectivity index (χ0n) is 23.1. The van der Waals surface area contributed by atoms with Gasteiger partial charge in [0.2, 0.25) is 0 Å². The topological polar surface area (TPSA) is 84.9 Å². The molecule has 0 fully saturated rings. The van der Waals surface area contributed by atoms with Crippen molar-refractivity contribution in [3.63, 3.8) is 0 Å². The molecule has 6 nitrogen and oxygen atoms in total. The van der Waals surface area contributed by atoms with Crippen LogP contribution in [0.25, 0.3) is 0 Å². The van der Waals surface area contributed by atoms with Crippen LogP contribution in [0.3, 0.4) is 0 Å². The minimum Gasteiger partial charge on any atom is -0.460 e. The lowest BCUT2D eigenvalue weighted by Gasteiger charge is -2.44. The standard InChI is InChI=1S/C31H41NO5/c1-29(2,3)36-27(33)25-23(32-19-18-21-14-10-8-11-15-21)20-31(7,35)26(28(34)37-30(4,5)6)24(25)22-16-12-9-13-17-22/h8-17,24,26,32,35H,18-20H2,1-7H3/t24-,26-,31+/m1/s1. The molecule has 2 aromatic rings. The quantitative estimate of drug-likeness (QED) is 0.494. The van der Waals surface area contributed by atoms with Crippen molar-refractivity contribution >= 4 is 11.9 Å². The van der Waals surface area contributed by atoms with Gasteiger partial charge in [0.05, 0.1) is 17.1 Å². The van der Waals surface area contributed by atoms with Gasteiger partial charge in [-0.05, 0) is 66.0 Å². The van der Waals surface area contributed by atoms with Gasteiger partial charge in [-0.1, -0.05) is 60.7 Å². The Bertz CT molecular complexity index is 1110. The van der Waals surface area contributed by atoms with Crippen molar-refractivity contribution in [2.75, 3.05) is 6.54 Å². The second kappa shape index (κ2) is 11.1. The van der Waals surface area contributed by atoms with Crippen molar-refractivity contribution in [3.05, 3.63) is 83.1 Å². The minimum absolute atomic E-state index is 0.0869. The molecule has 0 bridgehead atoms. The lowest BCUT2D eigenvalue weighted by molar-refractivity contribution is -0.171. The molecule has 37 heavy (non-hydrogen) atoms. The Morgan fingerprint density at radius 3 is 2.00 bits per heavy atom. The fourth-order valence-electron chi connectivity index (χ4n) is 4.79. The Morgan fingerprint density at radius 1 is 0.919 bits per heavy atom. The highest BCUT2D eigenvalue weighted by Crippen LogP contribution is 2.48. The molecular formula is C31H41NO5. The summed E-state index contributed by atoms with van der Waals surface area (Å²) in [6, 6.07) is 19.4. The maximum atomic E-state index is 13.8. The van der Waals surface area contributed by atoms with E-state index in [1.54, 1.807) is 27.7 Å².